The number of para-hydroxylation sites is 1. The van der Waals surface area contributed by atoms with Crippen LogP contribution in [0.2, 0.25) is 0 Å². The van der Waals surface area contributed by atoms with Gasteiger partial charge in [0.05, 0.1) is 9.82 Å². The van der Waals surface area contributed by atoms with E-state index in [9.17, 15) is 15.2 Å². The molecule has 0 atom stereocenters. The Labute approximate surface area is 108 Å². The van der Waals surface area contributed by atoms with E-state index in [-0.39, 0.29) is 11.4 Å². The van der Waals surface area contributed by atoms with Crippen molar-refractivity contribution in [1.29, 1.82) is 0 Å². The molecule has 4 nitrogen and oxygen atoms in total. The Hall–Kier alpha value is -2.01. The van der Waals surface area contributed by atoms with Gasteiger partial charge in [-0.3, -0.25) is 10.1 Å². The average molecular weight is 261 g/mol. The molecule has 0 saturated heterocycles. The second-order valence-electron chi connectivity index (χ2n) is 3.78. The van der Waals surface area contributed by atoms with E-state index >= 15 is 0 Å². The maximum absolute atomic E-state index is 10.7. The van der Waals surface area contributed by atoms with Gasteiger partial charge in [0, 0.05) is 17.0 Å². The number of non-ortho nitro benzene ring substituents is 1. The van der Waals surface area contributed by atoms with E-state index in [0.717, 1.165) is 10.5 Å². The van der Waals surface area contributed by atoms with Crippen LogP contribution in [0, 0.1) is 17.0 Å². The first-order chi connectivity index (χ1) is 8.58. The van der Waals surface area contributed by atoms with E-state index in [1.54, 1.807) is 24.3 Å². The SMILES string of the molecule is Cc1ccc([N+](=O)[O-])cc1Sc1ccccc1O. The van der Waals surface area contributed by atoms with Crippen molar-refractivity contribution in [3.63, 3.8) is 0 Å². The second kappa shape index (κ2) is 5.10. The third-order valence-corrected chi connectivity index (χ3v) is 3.69. The summed E-state index contributed by atoms with van der Waals surface area (Å²) in [5, 5.41) is 20.4. The van der Waals surface area contributed by atoms with Crippen LogP contribution in [0.1, 0.15) is 5.56 Å². The number of aromatic hydroxyl groups is 1. The molecule has 0 spiro atoms. The Kier molecular flexibility index (Phi) is 3.53. The number of hydrogen-bond acceptors (Lipinski definition) is 4. The molecular weight excluding hydrogens is 250 g/mol. The fourth-order valence-corrected chi connectivity index (χ4v) is 2.44. The lowest BCUT2D eigenvalue weighted by molar-refractivity contribution is -0.385. The molecule has 0 amide bonds. The Balaban J connectivity index is 2.37. The third-order valence-electron chi connectivity index (χ3n) is 2.47. The summed E-state index contributed by atoms with van der Waals surface area (Å²) in [6.07, 6.45) is 0. The maximum atomic E-state index is 10.7. The summed E-state index contributed by atoms with van der Waals surface area (Å²) in [4.78, 5) is 11.8. The molecular formula is C13H11NO3S. The highest BCUT2D eigenvalue weighted by atomic mass is 32.2. The van der Waals surface area contributed by atoms with Crippen molar-refractivity contribution in [1.82, 2.24) is 0 Å². The predicted molar refractivity (Wildman–Crippen MR) is 70.1 cm³/mol. The van der Waals surface area contributed by atoms with Crippen molar-refractivity contribution in [2.45, 2.75) is 16.7 Å². The van der Waals surface area contributed by atoms with Gasteiger partial charge >= 0.3 is 0 Å². The molecule has 0 radical (unpaired) electrons. The summed E-state index contributed by atoms with van der Waals surface area (Å²) in [5.41, 5.74) is 0.993. The fraction of sp³-hybridized carbons (Fsp3) is 0.0769. The number of phenols is 1. The number of nitrogens with zero attached hydrogens (tertiary/aromatic N) is 1. The minimum atomic E-state index is -0.422. The number of benzene rings is 2. The van der Waals surface area contributed by atoms with E-state index in [0.29, 0.717) is 4.90 Å². The molecule has 0 aromatic heterocycles. The lowest BCUT2D eigenvalue weighted by Crippen LogP contribution is -1.89. The number of nitro groups is 1. The van der Waals surface area contributed by atoms with Crippen molar-refractivity contribution >= 4 is 17.4 Å². The zero-order valence-corrected chi connectivity index (χ0v) is 10.5. The largest absolute Gasteiger partial charge is 0.507 e. The van der Waals surface area contributed by atoms with E-state index < -0.39 is 4.92 Å². The van der Waals surface area contributed by atoms with Crippen LogP contribution >= 0.6 is 11.8 Å². The molecule has 0 bridgehead atoms. The minimum absolute atomic E-state index is 0.0542. The van der Waals surface area contributed by atoms with E-state index in [1.807, 2.05) is 13.0 Å². The van der Waals surface area contributed by atoms with Crippen LogP contribution in [0.25, 0.3) is 0 Å². The van der Waals surface area contributed by atoms with E-state index in [2.05, 4.69) is 0 Å². The molecule has 0 unspecified atom stereocenters. The standard InChI is InChI=1S/C13H11NO3S/c1-9-6-7-10(14(16)17)8-13(9)18-12-5-3-2-4-11(12)15/h2-8,15H,1H3. The smallest absolute Gasteiger partial charge is 0.270 e. The Morgan fingerprint density at radius 2 is 1.89 bits per heavy atom. The van der Waals surface area contributed by atoms with Crippen LogP contribution in [0.15, 0.2) is 52.3 Å². The van der Waals surface area contributed by atoms with E-state index in [4.69, 9.17) is 0 Å². The summed E-state index contributed by atoms with van der Waals surface area (Å²) in [6, 6.07) is 11.6. The number of aryl methyl sites for hydroxylation is 1. The van der Waals surface area contributed by atoms with Gasteiger partial charge in [0.25, 0.3) is 5.69 Å². The van der Waals surface area contributed by atoms with Gasteiger partial charge in [0.2, 0.25) is 0 Å². The summed E-state index contributed by atoms with van der Waals surface area (Å²) in [7, 11) is 0. The predicted octanol–water partition coefficient (Wildman–Crippen LogP) is 3.76. The van der Waals surface area contributed by atoms with Crippen LogP contribution in [0.5, 0.6) is 5.75 Å². The molecule has 0 aliphatic rings. The van der Waals surface area contributed by atoms with Gasteiger partial charge in [-0.2, -0.15) is 0 Å². The van der Waals surface area contributed by atoms with Gasteiger partial charge in [-0.15, -0.1) is 0 Å². The normalized spacial score (nSPS) is 10.3. The van der Waals surface area contributed by atoms with Gasteiger partial charge in [0.15, 0.2) is 0 Å². The zero-order chi connectivity index (χ0) is 13.1. The lowest BCUT2D eigenvalue weighted by Gasteiger charge is -2.06. The number of rotatable bonds is 3. The maximum Gasteiger partial charge on any atom is 0.270 e. The first-order valence-electron chi connectivity index (χ1n) is 5.29. The molecule has 5 heteroatoms. The van der Waals surface area contributed by atoms with Crippen LogP contribution in [0.3, 0.4) is 0 Å². The molecule has 0 heterocycles. The van der Waals surface area contributed by atoms with Crippen LogP contribution in [0.4, 0.5) is 5.69 Å². The van der Waals surface area contributed by atoms with Crippen molar-refractivity contribution in [3.05, 3.63) is 58.1 Å². The molecule has 0 aliphatic heterocycles. The first kappa shape index (κ1) is 12.4. The summed E-state index contributed by atoms with van der Waals surface area (Å²) in [5.74, 6) is 0.174. The summed E-state index contributed by atoms with van der Waals surface area (Å²) < 4.78 is 0. The van der Waals surface area contributed by atoms with Gasteiger partial charge in [0.1, 0.15) is 5.75 Å². The summed E-state index contributed by atoms with van der Waals surface area (Å²) >= 11 is 1.32. The molecule has 0 fully saturated rings. The fourth-order valence-electron chi connectivity index (χ4n) is 1.47. The number of hydrogen-bond donors (Lipinski definition) is 1. The number of phenolic OH excluding ortho intramolecular Hbond substituents is 1. The molecule has 0 aliphatic carbocycles. The number of nitro benzene ring substituents is 1. The highest BCUT2D eigenvalue weighted by molar-refractivity contribution is 7.99. The highest BCUT2D eigenvalue weighted by Crippen LogP contribution is 2.37. The van der Waals surface area contributed by atoms with Crippen LogP contribution in [-0.2, 0) is 0 Å². The summed E-state index contributed by atoms with van der Waals surface area (Å²) in [6.45, 7) is 1.88. The third kappa shape index (κ3) is 2.62. The van der Waals surface area contributed by atoms with Gasteiger partial charge < -0.3 is 5.11 Å². The zero-order valence-electron chi connectivity index (χ0n) is 9.66. The molecule has 92 valence electrons. The van der Waals surface area contributed by atoms with Crippen molar-refractivity contribution < 1.29 is 10.0 Å². The topological polar surface area (TPSA) is 63.4 Å². The van der Waals surface area contributed by atoms with Crippen LogP contribution in [-0.4, -0.2) is 10.0 Å². The molecule has 1 N–H and O–H groups in total. The molecule has 18 heavy (non-hydrogen) atoms. The quantitative estimate of drug-likeness (QED) is 0.675. The van der Waals surface area contributed by atoms with Crippen molar-refractivity contribution in [2.24, 2.45) is 0 Å². The monoisotopic (exact) mass is 261 g/mol. The van der Waals surface area contributed by atoms with E-state index in [1.165, 1.54) is 23.9 Å². The van der Waals surface area contributed by atoms with Gasteiger partial charge in [-0.1, -0.05) is 30.0 Å². The highest BCUT2D eigenvalue weighted by Gasteiger charge is 2.11. The Bertz CT molecular complexity index is 599. The Morgan fingerprint density at radius 3 is 2.56 bits per heavy atom. The minimum Gasteiger partial charge on any atom is -0.507 e. The van der Waals surface area contributed by atoms with Gasteiger partial charge in [-0.05, 0) is 24.6 Å². The van der Waals surface area contributed by atoms with Crippen LogP contribution < -0.4 is 0 Å². The lowest BCUT2D eigenvalue weighted by atomic mass is 10.2. The molecule has 2 aromatic rings. The average Bonchev–Trinajstić information content (AvgIpc) is 2.34. The Morgan fingerprint density at radius 1 is 1.17 bits per heavy atom. The molecule has 2 aromatic carbocycles. The molecule has 2 rings (SSSR count). The van der Waals surface area contributed by atoms with Crippen molar-refractivity contribution in [2.75, 3.05) is 0 Å². The van der Waals surface area contributed by atoms with Crippen molar-refractivity contribution in [3.8, 4) is 5.75 Å². The first-order valence-corrected chi connectivity index (χ1v) is 6.10. The molecule has 0 saturated carbocycles. The van der Waals surface area contributed by atoms with Gasteiger partial charge in [-0.25, -0.2) is 0 Å². The second-order valence-corrected chi connectivity index (χ2v) is 4.86.